The van der Waals surface area contributed by atoms with Gasteiger partial charge in [-0.15, -0.1) is 0 Å². The highest BCUT2D eigenvalue weighted by Gasteiger charge is 2.34. The predicted molar refractivity (Wildman–Crippen MR) is 76.7 cm³/mol. The number of rotatable bonds is 0. The molecule has 6 heteroatoms. The van der Waals surface area contributed by atoms with E-state index in [9.17, 15) is 13.2 Å². The highest BCUT2D eigenvalue weighted by Crippen LogP contribution is 2.43. The van der Waals surface area contributed by atoms with Crippen molar-refractivity contribution in [2.75, 3.05) is 18.0 Å². The molecule has 2 aromatic carbocycles. The lowest BCUT2D eigenvalue weighted by Gasteiger charge is -2.20. The number of nitrogens with zero attached hydrogens (tertiary/aromatic N) is 2. The van der Waals surface area contributed by atoms with Crippen LogP contribution in [0.5, 0.6) is 11.5 Å². The third-order valence-corrected chi connectivity index (χ3v) is 3.77. The molecular formula is C16H11F3N2O. The normalized spacial score (nSPS) is 16.1. The zero-order valence-electron chi connectivity index (χ0n) is 11.4. The second-order valence-corrected chi connectivity index (χ2v) is 5.14. The number of aliphatic imine (C=N–C) groups is 1. The number of amidine groups is 1. The first-order chi connectivity index (χ1) is 10.5. The Morgan fingerprint density at radius 2 is 1.86 bits per heavy atom. The molecule has 0 unspecified atom stereocenters. The van der Waals surface area contributed by atoms with E-state index < -0.39 is 11.7 Å². The van der Waals surface area contributed by atoms with Gasteiger partial charge < -0.3 is 9.64 Å². The lowest BCUT2D eigenvalue weighted by atomic mass is 10.1. The van der Waals surface area contributed by atoms with Gasteiger partial charge in [-0.1, -0.05) is 12.1 Å². The Balaban J connectivity index is 1.92. The quantitative estimate of drug-likeness (QED) is 0.732. The van der Waals surface area contributed by atoms with Crippen molar-refractivity contribution >= 4 is 11.5 Å². The number of anilines is 1. The van der Waals surface area contributed by atoms with Crippen LogP contribution in [0.3, 0.4) is 0 Å². The van der Waals surface area contributed by atoms with Gasteiger partial charge in [-0.2, -0.15) is 13.2 Å². The maximum Gasteiger partial charge on any atom is 0.416 e. The van der Waals surface area contributed by atoms with Gasteiger partial charge in [-0.05, 0) is 30.3 Å². The number of ether oxygens (including phenoxy) is 1. The molecule has 112 valence electrons. The summed E-state index contributed by atoms with van der Waals surface area (Å²) >= 11 is 0. The highest BCUT2D eigenvalue weighted by molar-refractivity contribution is 6.14. The number of halogens is 3. The molecule has 0 atom stereocenters. The third kappa shape index (κ3) is 1.94. The largest absolute Gasteiger partial charge is 0.454 e. The standard InChI is InChI=1S/C16H11F3N2O/c17-16(18,19)10-5-6-12-14(9-10)22-13-4-2-1-3-11(13)15-20-7-8-21(12)15/h1-6,9H,7-8H2. The molecule has 22 heavy (non-hydrogen) atoms. The lowest BCUT2D eigenvalue weighted by Crippen LogP contribution is -2.27. The Hall–Kier alpha value is -2.50. The Morgan fingerprint density at radius 1 is 1.05 bits per heavy atom. The van der Waals surface area contributed by atoms with Crippen LogP contribution in [0.15, 0.2) is 47.5 Å². The maximum atomic E-state index is 12.9. The van der Waals surface area contributed by atoms with Crippen LogP contribution >= 0.6 is 0 Å². The average Bonchev–Trinajstić information content (AvgIpc) is 2.91. The Bertz CT molecular complexity index is 783. The van der Waals surface area contributed by atoms with Gasteiger partial charge in [0, 0.05) is 6.54 Å². The smallest absolute Gasteiger partial charge is 0.416 e. The zero-order chi connectivity index (χ0) is 15.3. The molecule has 2 heterocycles. The summed E-state index contributed by atoms with van der Waals surface area (Å²) < 4.78 is 44.5. The van der Waals surface area contributed by atoms with Gasteiger partial charge in [-0.25, -0.2) is 0 Å². The van der Waals surface area contributed by atoms with Crippen LogP contribution in [0.2, 0.25) is 0 Å². The first-order valence-electron chi connectivity index (χ1n) is 6.84. The number of para-hydroxylation sites is 1. The number of hydrogen-bond donors (Lipinski definition) is 0. The molecule has 2 aliphatic heterocycles. The van der Waals surface area contributed by atoms with Gasteiger partial charge in [0.05, 0.1) is 23.4 Å². The second-order valence-electron chi connectivity index (χ2n) is 5.14. The highest BCUT2D eigenvalue weighted by atomic mass is 19.4. The van der Waals surface area contributed by atoms with Crippen LogP contribution < -0.4 is 9.64 Å². The van der Waals surface area contributed by atoms with E-state index in [1.165, 1.54) is 6.07 Å². The molecule has 0 amide bonds. The number of hydrogen-bond acceptors (Lipinski definition) is 3. The van der Waals surface area contributed by atoms with Crippen molar-refractivity contribution in [3.05, 3.63) is 53.6 Å². The average molecular weight is 304 g/mol. The van der Waals surface area contributed by atoms with E-state index in [1.54, 1.807) is 12.1 Å². The van der Waals surface area contributed by atoms with Gasteiger partial charge in [0.25, 0.3) is 0 Å². The molecule has 0 saturated carbocycles. The van der Waals surface area contributed by atoms with Crippen molar-refractivity contribution in [1.82, 2.24) is 0 Å². The van der Waals surface area contributed by atoms with Crippen molar-refractivity contribution in [2.24, 2.45) is 4.99 Å². The minimum atomic E-state index is -4.40. The first-order valence-corrected chi connectivity index (χ1v) is 6.84. The fourth-order valence-corrected chi connectivity index (χ4v) is 2.77. The third-order valence-electron chi connectivity index (χ3n) is 3.77. The van der Waals surface area contributed by atoms with Gasteiger partial charge in [-0.3, -0.25) is 4.99 Å². The fourth-order valence-electron chi connectivity index (χ4n) is 2.77. The van der Waals surface area contributed by atoms with Crippen molar-refractivity contribution in [3.8, 4) is 11.5 Å². The van der Waals surface area contributed by atoms with Crippen LogP contribution in [0.4, 0.5) is 18.9 Å². The molecule has 0 N–H and O–H groups in total. The second kappa shape index (κ2) is 4.50. The fraction of sp³-hybridized carbons (Fsp3) is 0.188. The summed E-state index contributed by atoms with van der Waals surface area (Å²) in [5.74, 6) is 1.47. The summed E-state index contributed by atoms with van der Waals surface area (Å²) in [6.45, 7) is 1.25. The Labute approximate surface area is 124 Å². The van der Waals surface area contributed by atoms with Crippen LogP contribution in [0.25, 0.3) is 0 Å². The van der Waals surface area contributed by atoms with Gasteiger partial charge in [0.1, 0.15) is 11.6 Å². The minimum absolute atomic E-state index is 0.203. The van der Waals surface area contributed by atoms with E-state index in [0.717, 1.165) is 23.5 Å². The lowest BCUT2D eigenvalue weighted by molar-refractivity contribution is -0.137. The van der Waals surface area contributed by atoms with Crippen LogP contribution in [-0.4, -0.2) is 18.9 Å². The van der Waals surface area contributed by atoms with Crippen molar-refractivity contribution in [3.63, 3.8) is 0 Å². The molecule has 4 rings (SSSR count). The molecule has 0 saturated heterocycles. The van der Waals surface area contributed by atoms with Crippen molar-refractivity contribution in [1.29, 1.82) is 0 Å². The molecule has 0 aromatic heterocycles. The van der Waals surface area contributed by atoms with Crippen LogP contribution in [0, 0.1) is 0 Å². The van der Waals surface area contributed by atoms with Crippen molar-refractivity contribution in [2.45, 2.75) is 6.18 Å². The number of fused-ring (bicyclic) bond motifs is 5. The van der Waals surface area contributed by atoms with Gasteiger partial charge >= 0.3 is 6.18 Å². The SMILES string of the molecule is FC(F)(F)c1ccc2c(c1)Oc1ccccc1C1=NCCN12. The summed E-state index contributed by atoms with van der Waals surface area (Å²) in [7, 11) is 0. The van der Waals surface area contributed by atoms with Gasteiger partial charge in [0.2, 0.25) is 0 Å². The Kier molecular flexibility index (Phi) is 2.69. The van der Waals surface area contributed by atoms with E-state index in [0.29, 0.717) is 24.5 Å². The van der Waals surface area contributed by atoms with E-state index in [2.05, 4.69) is 4.99 Å². The maximum absolute atomic E-state index is 12.9. The Morgan fingerprint density at radius 3 is 2.68 bits per heavy atom. The van der Waals surface area contributed by atoms with E-state index in [-0.39, 0.29) is 5.75 Å². The minimum Gasteiger partial charge on any atom is -0.454 e. The first kappa shape index (κ1) is 13.2. The van der Waals surface area contributed by atoms with Crippen LogP contribution in [0.1, 0.15) is 11.1 Å². The molecule has 0 radical (unpaired) electrons. The summed E-state index contributed by atoms with van der Waals surface area (Å²) in [6, 6.07) is 10.8. The number of benzene rings is 2. The summed E-state index contributed by atoms with van der Waals surface area (Å²) in [5.41, 5.74) is 0.688. The summed E-state index contributed by atoms with van der Waals surface area (Å²) in [5, 5.41) is 0. The zero-order valence-corrected chi connectivity index (χ0v) is 11.4. The monoisotopic (exact) mass is 304 g/mol. The molecule has 3 nitrogen and oxygen atoms in total. The summed E-state index contributed by atoms with van der Waals surface area (Å²) in [6.07, 6.45) is -4.40. The molecule has 0 spiro atoms. The molecular weight excluding hydrogens is 293 g/mol. The molecule has 0 aliphatic carbocycles. The molecule has 2 aliphatic rings. The number of alkyl halides is 3. The molecule has 0 fully saturated rings. The topological polar surface area (TPSA) is 24.8 Å². The molecule has 2 aromatic rings. The van der Waals surface area contributed by atoms with E-state index in [4.69, 9.17) is 4.74 Å². The van der Waals surface area contributed by atoms with E-state index >= 15 is 0 Å². The molecule has 0 bridgehead atoms. The van der Waals surface area contributed by atoms with Crippen molar-refractivity contribution < 1.29 is 17.9 Å². The van der Waals surface area contributed by atoms with E-state index in [1.807, 2.05) is 17.0 Å². The van der Waals surface area contributed by atoms with Gasteiger partial charge in [0.15, 0.2) is 5.75 Å². The summed E-state index contributed by atoms with van der Waals surface area (Å²) in [4.78, 5) is 6.37. The van der Waals surface area contributed by atoms with Crippen LogP contribution in [-0.2, 0) is 6.18 Å². The predicted octanol–water partition coefficient (Wildman–Crippen LogP) is 4.08.